The van der Waals surface area contributed by atoms with Gasteiger partial charge in [0, 0.05) is 14.3 Å². The van der Waals surface area contributed by atoms with Gasteiger partial charge >= 0.3 is 0 Å². The first-order valence-corrected chi connectivity index (χ1v) is 7.51. The molecule has 0 aromatic carbocycles. The number of hydrogen-bond donors (Lipinski definition) is 1. The topological polar surface area (TPSA) is 20.2 Å². The summed E-state index contributed by atoms with van der Waals surface area (Å²) in [6, 6.07) is 4.28. The van der Waals surface area contributed by atoms with Crippen LogP contribution in [0.5, 0.6) is 0 Å². The van der Waals surface area contributed by atoms with E-state index in [-0.39, 0.29) is 6.10 Å². The predicted octanol–water partition coefficient (Wildman–Crippen LogP) is 4.82. The van der Waals surface area contributed by atoms with Crippen LogP contribution in [0, 0.1) is 5.92 Å². The monoisotopic (exact) mass is 254 g/mol. The molecule has 0 amide bonds. The van der Waals surface area contributed by atoms with Crippen molar-refractivity contribution in [2.45, 2.75) is 39.2 Å². The molecule has 0 saturated carbocycles. The minimum atomic E-state index is -0.261. The second-order valence-corrected chi connectivity index (χ2v) is 6.70. The van der Waals surface area contributed by atoms with Crippen molar-refractivity contribution >= 4 is 32.1 Å². The number of aliphatic hydroxyl groups is 1. The number of aliphatic hydroxyl groups excluding tert-OH is 1. The van der Waals surface area contributed by atoms with Crippen LogP contribution in [0.15, 0.2) is 17.5 Å². The minimum Gasteiger partial charge on any atom is -0.388 e. The third-order valence-electron chi connectivity index (χ3n) is 2.75. The van der Waals surface area contributed by atoms with Gasteiger partial charge in [-0.1, -0.05) is 26.7 Å². The lowest BCUT2D eigenvalue weighted by Crippen LogP contribution is -1.96. The second-order valence-electron chi connectivity index (χ2n) is 4.64. The van der Waals surface area contributed by atoms with Crippen molar-refractivity contribution in [1.82, 2.24) is 0 Å². The zero-order valence-electron chi connectivity index (χ0n) is 9.77. The minimum absolute atomic E-state index is 0.261. The number of rotatable bonds is 5. The average molecular weight is 254 g/mol. The van der Waals surface area contributed by atoms with Crippen molar-refractivity contribution in [2.24, 2.45) is 5.92 Å². The number of hydrogen-bond acceptors (Lipinski definition) is 3. The highest BCUT2D eigenvalue weighted by atomic mass is 32.1. The smallest absolute Gasteiger partial charge is 0.0882 e. The van der Waals surface area contributed by atoms with E-state index in [9.17, 15) is 5.11 Å². The molecule has 0 fully saturated rings. The van der Waals surface area contributed by atoms with Gasteiger partial charge in [-0.3, -0.25) is 0 Å². The zero-order valence-corrected chi connectivity index (χ0v) is 11.4. The van der Waals surface area contributed by atoms with Gasteiger partial charge < -0.3 is 5.11 Å². The normalized spacial score (nSPS) is 13.8. The van der Waals surface area contributed by atoms with Crippen molar-refractivity contribution in [3.05, 3.63) is 22.4 Å². The fourth-order valence-corrected chi connectivity index (χ4v) is 3.95. The van der Waals surface area contributed by atoms with E-state index in [1.54, 1.807) is 22.7 Å². The molecule has 0 saturated heterocycles. The van der Waals surface area contributed by atoms with Crippen LogP contribution in [0.4, 0.5) is 0 Å². The first kappa shape index (κ1) is 12.1. The molecule has 88 valence electrons. The van der Waals surface area contributed by atoms with Crippen LogP contribution >= 0.6 is 22.7 Å². The Morgan fingerprint density at radius 3 is 2.75 bits per heavy atom. The quantitative estimate of drug-likeness (QED) is 0.811. The van der Waals surface area contributed by atoms with Crippen LogP contribution in [0.2, 0.25) is 0 Å². The molecule has 1 unspecified atom stereocenters. The molecule has 0 aliphatic carbocycles. The van der Waals surface area contributed by atoms with Gasteiger partial charge in [0.15, 0.2) is 0 Å². The zero-order chi connectivity index (χ0) is 11.5. The summed E-state index contributed by atoms with van der Waals surface area (Å²) in [6.07, 6.45) is 2.95. The summed E-state index contributed by atoms with van der Waals surface area (Å²) in [4.78, 5) is 1.13. The van der Waals surface area contributed by atoms with E-state index in [2.05, 4.69) is 31.4 Å². The molecular formula is C13H18OS2. The van der Waals surface area contributed by atoms with Crippen LogP contribution in [0.1, 0.15) is 44.1 Å². The Kier molecular flexibility index (Phi) is 4.00. The lowest BCUT2D eigenvalue weighted by atomic mass is 10.0. The Balaban J connectivity index is 1.94. The van der Waals surface area contributed by atoms with E-state index in [1.807, 2.05) is 0 Å². The van der Waals surface area contributed by atoms with Gasteiger partial charge in [-0.2, -0.15) is 0 Å². The molecule has 1 N–H and O–H groups in total. The van der Waals surface area contributed by atoms with Crippen LogP contribution in [0.25, 0.3) is 9.40 Å². The number of thiophene rings is 2. The fourth-order valence-electron chi connectivity index (χ4n) is 1.81. The highest BCUT2D eigenvalue weighted by Gasteiger charge is 2.11. The van der Waals surface area contributed by atoms with Gasteiger partial charge in [-0.25, -0.2) is 0 Å². The molecule has 0 aliphatic rings. The summed E-state index contributed by atoms with van der Waals surface area (Å²) in [6.45, 7) is 4.46. The first-order valence-electron chi connectivity index (χ1n) is 5.82. The average Bonchev–Trinajstić information content (AvgIpc) is 2.75. The molecule has 2 aromatic heterocycles. The fraction of sp³-hybridized carbons (Fsp3) is 0.538. The molecule has 0 bridgehead atoms. The van der Waals surface area contributed by atoms with Crippen molar-refractivity contribution in [3.63, 3.8) is 0 Å². The molecule has 0 radical (unpaired) electrons. The Morgan fingerprint density at radius 2 is 2.06 bits per heavy atom. The van der Waals surface area contributed by atoms with Gasteiger partial charge in [0.25, 0.3) is 0 Å². The second kappa shape index (κ2) is 5.30. The third kappa shape index (κ3) is 2.84. The Labute approximate surface area is 105 Å². The largest absolute Gasteiger partial charge is 0.388 e. The van der Waals surface area contributed by atoms with E-state index in [4.69, 9.17) is 0 Å². The van der Waals surface area contributed by atoms with Gasteiger partial charge in [0.2, 0.25) is 0 Å². The molecule has 2 rings (SSSR count). The summed E-state index contributed by atoms with van der Waals surface area (Å²) in [7, 11) is 0. The maximum atomic E-state index is 10.1. The van der Waals surface area contributed by atoms with Crippen LogP contribution in [-0.4, -0.2) is 5.11 Å². The highest BCUT2D eigenvalue weighted by Crippen LogP contribution is 2.35. The lowest BCUT2D eigenvalue weighted by molar-refractivity contribution is 0.166. The van der Waals surface area contributed by atoms with Gasteiger partial charge in [0.05, 0.1) is 6.10 Å². The molecule has 1 nitrogen and oxygen atoms in total. The van der Waals surface area contributed by atoms with Gasteiger partial charge in [-0.15, -0.1) is 22.7 Å². The molecule has 0 aliphatic heterocycles. The molecule has 1 atom stereocenters. The summed E-state index contributed by atoms with van der Waals surface area (Å²) in [5.74, 6) is 0.735. The van der Waals surface area contributed by atoms with Crippen molar-refractivity contribution in [1.29, 1.82) is 0 Å². The van der Waals surface area contributed by atoms with Gasteiger partial charge in [0.1, 0.15) is 0 Å². The summed E-state index contributed by atoms with van der Waals surface area (Å²) >= 11 is 3.48. The van der Waals surface area contributed by atoms with Crippen LogP contribution < -0.4 is 0 Å². The summed E-state index contributed by atoms with van der Waals surface area (Å²) < 4.78 is 2.62. The molecule has 2 aromatic rings. The highest BCUT2D eigenvalue weighted by molar-refractivity contribution is 7.26. The number of fused-ring (bicyclic) bond motifs is 1. The summed E-state index contributed by atoms with van der Waals surface area (Å²) in [5.41, 5.74) is 0. The van der Waals surface area contributed by atoms with E-state index in [0.29, 0.717) is 0 Å². The Bertz CT molecular complexity index is 413. The van der Waals surface area contributed by atoms with E-state index < -0.39 is 0 Å². The van der Waals surface area contributed by atoms with Gasteiger partial charge in [-0.05, 0) is 29.9 Å². The first-order chi connectivity index (χ1) is 7.66. The van der Waals surface area contributed by atoms with E-state index in [0.717, 1.165) is 23.6 Å². The molecule has 16 heavy (non-hydrogen) atoms. The van der Waals surface area contributed by atoms with Crippen molar-refractivity contribution in [2.75, 3.05) is 0 Å². The van der Waals surface area contributed by atoms with Crippen molar-refractivity contribution in [3.8, 4) is 0 Å². The van der Waals surface area contributed by atoms with Crippen molar-refractivity contribution < 1.29 is 5.11 Å². The SMILES string of the molecule is CC(C)CCCC(O)c1cc2sccc2s1. The molecule has 2 heterocycles. The predicted molar refractivity (Wildman–Crippen MR) is 73.4 cm³/mol. The third-order valence-corrected chi connectivity index (χ3v) is 4.94. The standard InChI is InChI=1S/C13H18OS2/c1-9(2)4-3-5-10(14)12-8-13-11(16-12)6-7-15-13/h6-10,14H,3-5H2,1-2H3. The van der Waals surface area contributed by atoms with E-state index >= 15 is 0 Å². The maximum absolute atomic E-state index is 10.1. The summed E-state index contributed by atoms with van der Waals surface area (Å²) in [5, 5.41) is 12.2. The van der Waals surface area contributed by atoms with Crippen LogP contribution in [0.3, 0.4) is 0 Å². The van der Waals surface area contributed by atoms with E-state index in [1.165, 1.54) is 15.8 Å². The lowest BCUT2D eigenvalue weighted by Gasteiger charge is -2.09. The molecule has 0 spiro atoms. The Hall–Kier alpha value is -0.380. The maximum Gasteiger partial charge on any atom is 0.0882 e. The Morgan fingerprint density at radius 1 is 1.25 bits per heavy atom. The molecular weight excluding hydrogens is 236 g/mol. The molecule has 3 heteroatoms. The van der Waals surface area contributed by atoms with Crippen LogP contribution in [-0.2, 0) is 0 Å².